The molecule has 9 N–H and O–H groups in total. The lowest BCUT2D eigenvalue weighted by molar-refractivity contribution is -0.384. The molecule has 7 amide bonds. The van der Waals surface area contributed by atoms with Gasteiger partial charge in [-0.05, 0) is 287 Å². The maximum atomic E-state index is 13.6. The number of aromatic carboxylic acids is 1. The van der Waals surface area contributed by atoms with Gasteiger partial charge < -0.3 is 52.2 Å². The Morgan fingerprint density at radius 2 is 0.538 bits per heavy atom. The molecule has 0 aliphatic rings. The van der Waals surface area contributed by atoms with Crippen molar-refractivity contribution in [1.29, 1.82) is 5.26 Å². The van der Waals surface area contributed by atoms with Gasteiger partial charge in [-0.25, -0.2) is 26.7 Å². The van der Waals surface area contributed by atoms with E-state index >= 15 is 0 Å². The van der Waals surface area contributed by atoms with E-state index in [1.807, 2.05) is 159 Å². The van der Waals surface area contributed by atoms with Gasteiger partial charge in [-0.2, -0.15) is 5.26 Å². The summed E-state index contributed by atoms with van der Waals surface area (Å²) in [6.07, 6.45) is 0. The van der Waals surface area contributed by atoms with Crippen LogP contribution in [0.2, 0.25) is 15.1 Å². The van der Waals surface area contributed by atoms with E-state index in [0.717, 1.165) is 50.8 Å². The van der Waals surface area contributed by atoms with E-state index in [1.54, 1.807) is 86.0 Å². The van der Waals surface area contributed by atoms with Crippen LogP contribution in [0.5, 0.6) is 11.5 Å². The van der Waals surface area contributed by atoms with Crippen molar-refractivity contribution in [3.63, 3.8) is 0 Å². The van der Waals surface area contributed by atoms with E-state index in [9.17, 15) is 75.5 Å². The molecule has 0 aliphatic carbocycles. The molecule has 22 nitrogen and oxygen atoms in total. The lowest BCUT2D eigenvalue weighted by Gasteiger charge is -2.11. The van der Waals surface area contributed by atoms with Crippen LogP contribution in [0.15, 0.2) is 303 Å². The molecule has 750 valence electrons. The highest BCUT2D eigenvalue weighted by atomic mass is 35.5. The number of phenolic OH excluding ortho intramolecular Hbond substituents is 1. The fourth-order valence-corrected chi connectivity index (χ4v) is 14.3. The Kier molecular flexibility index (Phi) is 43.5. The second-order valence-corrected chi connectivity index (χ2v) is 36.2. The first-order valence-electron chi connectivity index (χ1n) is 45.9. The second-order valence-electron chi connectivity index (χ2n) is 35.0. The summed E-state index contributed by atoms with van der Waals surface area (Å²) < 4.78 is 71.5. The number of non-ortho nitro benzene ring substituents is 1. The quantitative estimate of drug-likeness (QED) is 0.00893. The third-order valence-electron chi connectivity index (χ3n) is 21.8. The first-order valence-corrected chi connectivity index (χ1v) is 47.0. The van der Waals surface area contributed by atoms with Crippen LogP contribution < -0.4 is 42.0 Å². The zero-order valence-corrected chi connectivity index (χ0v) is 84.5. The minimum Gasteiger partial charge on any atom is -0.508 e. The van der Waals surface area contributed by atoms with Crippen LogP contribution in [0.1, 0.15) is 266 Å². The molecule has 0 bridgehead atoms. The summed E-state index contributed by atoms with van der Waals surface area (Å²) in [6.45, 7) is 29.0. The number of nitro groups is 1. The number of rotatable bonds is 24. The summed E-state index contributed by atoms with van der Waals surface area (Å²) in [5.41, 5.74) is 14.4. The molecule has 0 saturated carbocycles. The van der Waals surface area contributed by atoms with E-state index < -0.39 is 51.4 Å². The SMILES string of the molecule is CC(C)c1cccc(NC(=O)c2c(Cl)cc(Cl)cc2Cl)c1.CC(C)c1cccc(NC(=O)c2c(F)c(F)c(F)c(F)c2F)c1.CC(C)c1cccc(NC(=O)c2ccc(C#N)cc2)c1.CC(C)c1cccc(NC(=O)c2ccc(C(=O)O)cc2)c1.CC(C)c1cccc(NC(=O)c2ccc(O)cc2)c1.CC(C)c1cccc(NC(=O)c2ccc([N+](=O)[O-])cc2)c1.COc1ccc(C(=O)Nc2cccc(C(C)C)c2)cc1. The molecule has 0 fully saturated rings. The molecule has 14 aromatic carbocycles. The molecule has 0 heterocycles. The number of benzene rings is 14. The van der Waals surface area contributed by atoms with Crippen molar-refractivity contribution >= 4 is 128 Å². The summed E-state index contributed by atoms with van der Waals surface area (Å²) in [4.78, 5) is 106. The van der Waals surface area contributed by atoms with Crippen LogP contribution in [-0.2, 0) is 0 Å². The molecule has 0 aliphatic heterocycles. The summed E-state index contributed by atoms with van der Waals surface area (Å²) >= 11 is 17.9. The fourth-order valence-electron chi connectivity index (χ4n) is 13.3. The van der Waals surface area contributed by atoms with Crippen molar-refractivity contribution in [2.45, 2.75) is 138 Å². The van der Waals surface area contributed by atoms with Gasteiger partial charge in [-0.1, -0.05) is 217 Å². The van der Waals surface area contributed by atoms with Crippen LogP contribution in [0.4, 0.5) is 67.5 Å². The molecular weight excluding hydrogens is 1920 g/mol. The number of nitriles is 1. The standard InChI is InChI=1S/C17H16N2O.C17H17NO3.C17H19NO2.C16H14Cl3NO.C16H12F5NO.C16H16N2O3.C16H17NO2/c1-12(2)15-4-3-5-16(10-15)19-17(20)14-8-6-13(11-18)7-9-14;1-11(2)14-4-3-5-15(10-14)18-16(19)12-6-8-13(9-7-12)17(20)21;1-12(2)14-5-4-6-15(11-14)18-17(19)13-7-9-16(20-3)10-8-13;1-9(2)10-4-3-5-12(6-10)20-16(21)15-13(18)7-11(17)8-14(15)19;1-7(2)8-4-3-5-9(6-8)22-16(23)10-11(17)13(19)15(21)14(20)12(10)18;1-11(2)13-4-3-5-14(10-13)17-16(19)12-6-8-15(9-7-12)18(20)21;1-11(2)13-4-3-5-14(10-13)17-16(19)12-6-8-15(18)9-7-12/h3-10,12H,1-2H3,(H,19,20);3-11H,1-2H3,(H,18,19)(H,20,21);4-12H,1-3H3,(H,18,19);3-9H,1-2H3,(H,20,21);3-7H,1-2H3,(H,22,23);3-11H,1-2H3,(H,17,19);3-11,18H,1-2H3,(H,17,19). The van der Waals surface area contributed by atoms with Crippen LogP contribution in [0.25, 0.3) is 0 Å². The number of carbonyl (C=O) groups excluding carboxylic acids is 7. The van der Waals surface area contributed by atoms with E-state index in [1.165, 1.54) is 95.6 Å². The highest BCUT2D eigenvalue weighted by Gasteiger charge is 2.30. The van der Waals surface area contributed by atoms with Gasteiger partial charge in [0.25, 0.3) is 47.0 Å². The van der Waals surface area contributed by atoms with Gasteiger partial charge in [0.05, 0.1) is 44.8 Å². The molecular formula is C115H111Cl3F5N9O13. The summed E-state index contributed by atoms with van der Waals surface area (Å²) in [5.74, 6) is -11.3. The number of hydrogen-bond donors (Lipinski definition) is 9. The van der Waals surface area contributed by atoms with E-state index in [-0.39, 0.29) is 79.7 Å². The highest BCUT2D eigenvalue weighted by Crippen LogP contribution is 2.33. The maximum Gasteiger partial charge on any atom is 0.335 e. The average Bonchev–Trinajstić information content (AvgIpc) is 0.780. The Hall–Kier alpha value is -16.2. The number of nitro benzene ring substituents is 1. The summed E-state index contributed by atoms with van der Waals surface area (Å²) in [7, 11) is 1.60. The zero-order chi connectivity index (χ0) is 107. The van der Waals surface area contributed by atoms with Gasteiger partial charge in [0.2, 0.25) is 5.82 Å². The second kappa shape index (κ2) is 55.3. The number of methoxy groups -OCH3 is 1. The van der Waals surface area contributed by atoms with Crippen molar-refractivity contribution in [2.24, 2.45) is 0 Å². The molecule has 0 aromatic heterocycles. The van der Waals surface area contributed by atoms with E-state index in [2.05, 4.69) is 126 Å². The van der Waals surface area contributed by atoms with Crippen molar-refractivity contribution in [3.05, 3.63) is 447 Å². The molecule has 14 rings (SSSR count). The van der Waals surface area contributed by atoms with Crippen molar-refractivity contribution in [2.75, 3.05) is 44.3 Å². The topological polar surface area (TPSA) is 337 Å². The normalized spacial score (nSPS) is 10.5. The van der Waals surface area contributed by atoms with Gasteiger partial charge in [-0.3, -0.25) is 43.7 Å². The van der Waals surface area contributed by atoms with Crippen LogP contribution in [-0.4, -0.2) is 69.6 Å². The largest absolute Gasteiger partial charge is 0.508 e. The Bertz CT molecular complexity index is 6750. The zero-order valence-electron chi connectivity index (χ0n) is 82.2. The van der Waals surface area contributed by atoms with E-state index in [0.29, 0.717) is 85.3 Å². The lowest BCUT2D eigenvalue weighted by atomic mass is 10.0. The van der Waals surface area contributed by atoms with Crippen molar-refractivity contribution < 1.29 is 80.2 Å². The summed E-state index contributed by atoms with van der Waals surface area (Å²) in [5, 5.41) is 57.4. The number of hydrogen-bond acceptors (Lipinski definition) is 13. The average molecular weight is 2030 g/mol. The number of aromatic hydroxyl groups is 1. The van der Waals surface area contributed by atoms with Gasteiger partial charge in [0.15, 0.2) is 23.3 Å². The molecule has 145 heavy (non-hydrogen) atoms. The maximum absolute atomic E-state index is 13.6. The Morgan fingerprint density at radius 3 is 0.779 bits per heavy atom. The minimum atomic E-state index is -2.31. The van der Waals surface area contributed by atoms with Crippen LogP contribution in [0.3, 0.4) is 0 Å². The molecule has 0 saturated heterocycles. The number of carbonyl (C=O) groups is 8. The number of ether oxygens (including phenoxy) is 1. The monoisotopic (exact) mass is 2030 g/mol. The molecule has 0 spiro atoms. The number of anilines is 7. The van der Waals surface area contributed by atoms with Gasteiger partial charge in [0.1, 0.15) is 17.1 Å². The van der Waals surface area contributed by atoms with Gasteiger partial charge in [-0.15, -0.1) is 0 Å². The van der Waals surface area contributed by atoms with Crippen LogP contribution in [0, 0.1) is 50.5 Å². The predicted octanol–water partition coefficient (Wildman–Crippen LogP) is 30.3. The van der Waals surface area contributed by atoms with Gasteiger partial charge in [0, 0.05) is 84.8 Å². The highest BCUT2D eigenvalue weighted by molar-refractivity contribution is 6.42. The molecule has 0 atom stereocenters. The summed E-state index contributed by atoms with van der Waals surface area (Å²) in [6, 6.07) is 89.1. The van der Waals surface area contributed by atoms with Gasteiger partial charge >= 0.3 is 5.97 Å². The Labute approximate surface area is 854 Å². The van der Waals surface area contributed by atoms with Crippen LogP contribution >= 0.6 is 34.8 Å². The predicted molar refractivity (Wildman–Crippen MR) is 566 cm³/mol. The fraction of sp³-hybridized carbons (Fsp3) is 0.191. The number of amides is 7. The first-order chi connectivity index (χ1) is 68.8. The number of nitrogens with zero attached hydrogens (tertiary/aromatic N) is 2. The number of carboxylic acid groups (broad SMARTS) is 1. The molecule has 30 heteroatoms. The van der Waals surface area contributed by atoms with Crippen molar-refractivity contribution in [3.8, 4) is 17.6 Å². The number of nitrogens with one attached hydrogen (secondary N) is 7. The third-order valence-corrected chi connectivity index (χ3v) is 22.7. The molecule has 0 unspecified atom stereocenters. The number of carboxylic acids is 1. The Balaban J connectivity index is 0.000000207. The van der Waals surface area contributed by atoms with Crippen molar-refractivity contribution in [1.82, 2.24) is 0 Å². The number of phenols is 1. The molecule has 0 radical (unpaired) electrons. The number of halogens is 8. The minimum absolute atomic E-state index is 0.0339. The van der Waals surface area contributed by atoms with E-state index in [4.69, 9.17) is 49.9 Å². The Morgan fingerprint density at radius 1 is 0.317 bits per heavy atom. The first kappa shape index (κ1) is 114. The smallest absolute Gasteiger partial charge is 0.335 e. The molecule has 14 aromatic rings. The lowest BCUT2D eigenvalue weighted by Crippen LogP contribution is -2.19. The third kappa shape index (κ3) is 35.2.